The van der Waals surface area contributed by atoms with Gasteiger partial charge in [0.1, 0.15) is 5.75 Å². The van der Waals surface area contributed by atoms with Gasteiger partial charge in [-0.25, -0.2) is 14.8 Å². The van der Waals surface area contributed by atoms with Gasteiger partial charge in [-0.3, -0.25) is 5.32 Å². The zero-order chi connectivity index (χ0) is 14.4. The van der Waals surface area contributed by atoms with Crippen LogP contribution in [-0.2, 0) is 0 Å². The molecule has 0 aliphatic carbocycles. The summed E-state index contributed by atoms with van der Waals surface area (Å²) in [5.74, 6) is 0.0603. The second kappa shape index (κ2) is 6.41. The van der Waals surface area contributed by atoms with E-state index in [2.05, 4.69) is 20.0 Å². The molecule has 6 nitrogen and oxygen atoms in total. The molecular formula is C12H9F2N3O3. The van der Waals surface area contributed by atoms with Crippen molar-refractivity contribution in [3.05, 3.63) is 42.7 Å². The molecule has 1 aromatic heterocycles. The fraction of sp³-hybridized carbons (Fsp3) is 0.0833. The quantitative estimate of drug-likeness (QED) is 0.932. The summed E-state index contributed by atoms with van der Waals surface area (Å²) in [4.78, 5) is 18.7. The van der Waals surface area contributed by atoms with Gasteiger partial charge in [0, 0.05) is 0 Å². The maximum atomic E-state index is 11.9. The molecule has 0 spiro atoms. The highest BCUT2D eigenvalue weighted by atomic mass is 19.3. The van der Waals surface area contributed by atoms with Crippen LogP contribution in [-0.4, -0.2) is 22.7 Å². The number of nitrogens with one attached hydrogen (secondary N) is 1. The van der Waals surface area contributed by atoms with Crippen LogP contribution in [0.5, 0.6) is 11.6 Å². The predicted octanol–water partition coefficient (Wildman–Crippen LogP) is 2.69. The molecule has 2 rings (SSSR count). The highest BCUT2D eigenvalue weighted by Crippen LogP contribution is 2.12. The normalized spacial score (nSPS) is 10.2. The molecule has 0 saturated heterocycles. The van der Waals surface area contributed by atoms with Crippen molar-refractivity contribution in [2.75, 3.05) is 5.32 Å². The average molecular weight is 281 g/mol. The third kappa shape index (κ3) is 4.16. The van der Waals surface area contributed by atoms with Crippen molar-refractivity contribution in [1.82, 2.24) is 9.97 Å². The number of halogens is 2. The van der Waals surface area contributed by atoms with Crippen LogP contribution < -0.4 is 14.8 Å². The summed E-state index contributed by atoms with van der Waals surface area (Å²) < 4.78 is 32.8. The fourth-order valence-electron chi connectivity index (χ4n) is 1.26. The predicted molar refractivity (Wildman–Crippen MR) is 64.8 cm³/mol. The van der Waals surface area contributed by atoms with Crippen molar-refractivity contribution in [1.29, 1.82) is 0 Å². The molecular weight excluding hydrogens is 272 g/mol. The van der Waals surface area contributed by atoms with Gasteiger partial charge in [-0.2, -0.15) is 8.78 Å². The van der Waals surface area contributed by atoms with Crippen LogP contribution >= 0.6 is 0 Å². The van der Waals surface area contributed by atoms with Crippen molar-refractivity contribution < 1.29 is 23.0 Å². The molecule has 0 saturated carbocycles. The Hall–Kier alpha value is -2.77. The number of benzene rings is 1. The Kier molecular flexibility index (Phi) is 4.38. The molecule has 20 heavy (non-hydrogen) atoms. The van der Waals surface area contributed by atoms with Crippen LogP contribution in [0.4, 0.5) is 19.4 Å². The standard InChI is InChI=1S/C12H9F2N3O3/c13-11(14)20-10-7-15-9(6-16-10)17-12(18)19-8-4-2-1-3-5-8/h1-7,11H,(H,15,17,18). The molecule has 0 atom stereocenters. The summed E-state index contributed by atoms with van der Waals surface area (Å²) in [6.07, 6.45) is 1.27. The number of amides is 1. The molecule has 104 valence electrons. The molecule has 0 aliphatic rings. The van der Waals surface area contributed by atoms with Gasteiger partial charge in [-0.15, -0.1) is 0 Å². The first-order valence-electron chi connectivity index (χ1n) is 5.44. The summed E-state index contributed by atoms with van der Waals surface area (Å²) in [5.41, 5.74) is 0. The fourth-order valence-corrected chi connectivity index (χ4v) is 1.26. The second-order valence-corrected chi connectivity index (χ2v) is 3.45. The van der Waals surface area contributed by atoms with E-state index >= 15 is 0 Å². The highest BCUT2D eigenvalue weighted by Gasteiger charge is 2.08. The van der Waals surface area contributed by atoms with E-state index < -0.39 is 12.7 Å². The van der Waals surface area contributed by atoms with Gasteiger partial charge in [-0.1, -0.05) is 18.2 Å². The van der Waals surface area contributed by atoms with Crippen molar-refractivity contribution in [2.45, 2.75) is 6.61 Å². The SMILES string of the molecule is O=C(Nc1cnc(OC(F)F)cn1)Oc1ccccc1. The lowest BCUT2D eigenvalue weighted by molar-refractivity contribution is -0.0530. The Labute approximate surface area is 112 Å². The number of ether oxygens (including phenoxy) is 2. The lowest BCUT2D eigenvalue weighted by Crippen LogP contribution is -2.17. The minimum absolute atomic E-state index is 0.0487. The van der Waals surface area contributed by atoms with Gasteiger partial charge < -0.3 is 9.47 Å². The number of anilines is 1. The summed E-state index contributed by atoms with van der Waals surface area (Å²) in [6.45, 7) is -2.98. The van der Waals surface area contributed by atoms with Gasteiger partial charge >= 0.3 is 12.7 Å². The maximum absolute atomic E-state index is 11.9. The number of para-hydroxylation sites is 1. The molecule has 1 aromatic carbocycles. The smallest absolute Gasteiger partial charge is 0.415 e. The van der Waals surface area contributed by atoms with Crippen molar-refractivity contribution in [3.63, 3.8) is 0 Å². The number of hydrogen-bond donors (Lipinski definition) is 1. The third-order valence-electron chi connectivity index (χ3n) is 2.02. The molecule has 0 radical (unpaired) electrons. The number of aromatic nitrogens is 2. The van der Waals surface area contributed by atoms with E-state index in [1.165, 1.54) is 0 Å². The third-order valence-corrected chi connectivity index (χ3v) is 2.02. The molecule has 1 heterocycles. The van der Waals surface area contributed by atoms with E-state index in [9.17, 15) is 13.6 Å². The molecule has 1 N–H and O–H groups in total. The highest BCUT2D eigenvalue weighted by molar-refractivity contribution is 5.84. The van der Waals surface area contributed by atoms with Crippen LogP contribution in [0.15, 0.2) is 42.7 Å². The number of nitrogens with zero attached hydrogens (tertiary/aromatic N) is 2. The Morgan fingerprint density at radius 2 is 1.90 bits per heavy atom. The Morgan fingerprint density at radius 1 is 1.15 bits per heavy atom. The summed E-state index contributed by atoms with van der Waals surface area (Å²) >= 11 is 0. The van der Waals surface area contributed by atoms with Gasteiger partial charge in [0.25, 0.3) is 0 Å². The van der Waals surface area contributed by atoms with Gasteiger partial charge in [0.15, 0.2) is 5.82 Å². The Bertz CT molecular complexity index is 564. The molecule has 0 bridgehead atoms. The molecule has 8 heteroatoms. The van der Waals surface area contributed by atoms with Crippen LogP contribution in [0.25, 0.3) is 0 Å². The number of carbonyl (C=O) groups is 1. The minimum Gasteiger partial charge on any atom is -0.415 e. The first-order valence-corrected chi connectivity index (χ1v) is 5.44. The van der Waals surface area contributed by atoms with E-state index in [1.54, 1.807) is 30.3 Å². The van der Waals surface area contributed by atoms with Crippen LogP contribution in [0.3, 0.4) is 0 Å². The zero-order valence-corrected chi connectivity index (χ0v) is 9.99. The first-order chi connectivity index (χ1) is 9.63. The molecule has 0 aliphatic heterocycles. The summed E-state index contributed by atoms with van der Waals surface area (Å²) in [6, 6.07) is 8.39. The number of carbonyl (C=O) groups excluding carboxylic acids is 1. The zero-order valence-electron chi connectivity index (χ0n) is 9.99. The van der Waals surface area contributed by atoms with E-state index in [0.717, 1.165) is 12.4 Å². The second-order valence-electron chi connectivity index (χ2n) is 3.45. The monoisotopic (exact) mass is 281 g/mol. The first kappa shape index (κ1) is 13.7. The summed E-state index contributed by atoms with van der Waals surface area (Å²) in [7, 11) is 0. The van der Waals surface area contributed by atoms with E-state index in [4.69, 9.17) is 4.74 Å². The van der Waals surface area contributed by atoms with Gasteiger partial charge in [0.2, 0.25) is 5.88 Å². The van der Waals surface area contributed by atoms with E-state index in [0.29, 0.717) is 5.75 Å². The lowest BCUT2D eigenvalue weighted by Gasteiger charge is -2.06. The van der Waals surface area contributed by atoms with E-state index in [1.807, 2.05) is 0 Å². The number of hydrogen-bond acceptors (Lipinski definition) is 5. The number of alkyl halides is 2. The molecule has 0 unspecified atom stereocenters. The average Bonchev–Trinajstić information content (AvgIpc) is 2.41. The van der Waals surface area contributed by atoms with E-state index in [-0.39, 0.29) is 11.7 Å². The molecule has 0 fully saturated rings. The number of rotatable bonds is 4. The van der Waals surface area contributed by atoms with Gasteiger partial charge in [0.05, 0.1) is 12.4 Å². The van der Waals surface area contributed by atoms with Crippen molar-refractivity contribution in [2.24, 2.45) is 0 Å². The Morgan fingerprint density at radius 3 is 2.50 bits per heavy atom. The van der Waals surface area contributed by atoms with Crippen LogP contribution in [0, 0.1) is 0 Å². The van der Waals surface area contributed by atoms with Crippen molar-refractivity contribution in [3.8, 4) is 11.6 Å². The van der Waals surface area contributed by atoms with Crippen molar-refractivity contribution >= 4 is 11.9 Å². The van der Waals surface area contributed by atoms with Crippen LogP contribution in [0.2, 0.25) is 0 Å². The Balaban J connectivity index is 1.91. The molecule has 1 amide bonds. The van der Waals surface area contributed by atoms with Gasteiger partial charge in [-0.05, 0) is 12.1 Å². The maximum Gasteiger partial charge on any atom is 0.418 e. The van der Waals surface area contributed by atoms with Crippen LogP contribution in [0.1, 0.15) is 0 Å². The largest absolute Gasteiger partial charge is 0.418 e. The molecule has 2 aromatic rings. The summed E-state index contributed by atoms with van der Waals surface area (Å²) in [5, 5.41) is 2.29. The lowest BCUT2D eigenvalue weighted by atomic mass is 10.3. The minimum atomic E-state index is -2.98. The topological polar surface area (TPSA) is 73.3 Å².